The van der Waals surface area contributed by atoms with Crippen LogP contribution in [-0.4, -0.2) is 61.7 Å². The molecule has 2 saturated carbocycles. The van der Waals surface area contributed by atoms with E-state index in [2.05, 4.69) is 15.3 Å². The minimum absolute atomic E-state index is 0.107. The molecule has 4 rings (SSSR count). The summed E-state index contributed by atoms with van der Waals surface area (Å²) in [6.45, 7) is -2.34. The zero-order chi connectivity index (χ0) is 25.2. The predicted molar refractivity (Wildman–Crippen MR) is 114 cm³/mol. The van der Waals surface area contributed by atoms with Crippen LogP contribution in [0.15, 0.2) is 18.3 Å². The van der Waals surface area contributed by atoms with E-state index in [0.717, 1.165) is 30.4 Å². The van der Waals surface area contributed by atoms with Crippen molar-refractivity contribution in [2.45, 2.75) is 51.2 Å². The first-order valence-electron chi connectivity index (χ1n) is 12.3. The number of hydrogen-bond acceptors (Lipinski definition) is 7. The average Bonchev–Trinajstić information content (AvgIpc) is 3.52. The van der Waals surface area contributed by atoms with E-state index in [1.165, 1.54) is 11.1 Å². The number of aromatic nitrogens is 4. The van der Waals surface area contributed by atoms with Gasteiger partial charge in [0, 0.05) is 24.7 Å². The Morgan fingerprint density at radius 1 is 1.31 bits per heavy atom. The highest BCUT2D eigenvalue weighted by Crippen LogP contribution is 2.30. The van der Waals surface area contributed by atoms with Crippen LogP contribution < -0.4 is 4.74 Å². The lowest BCUT2D eigenvalue weighted by atomic mass is 9.87. The molecule has 0 unspecified atom stereocenters. The Balaban J connectivity index is 1.47. The quantitative estimate of drug-likeness (QED) is 0.657. The molecule has 0 spiro atoms. The number of carboxylic acid groups (broad SMARTS) is 1. The van der Waals surface area contributed by atoms with E-state index in [4.69, 9.17) is 13.6 Å². The summed E-state index contributed by atoms with van der Waals surface area (Å²) >= 11 is 0. The van der Waals surface area contributed by atoms with Gasteiger partial charge in [0.1, 0.15) is 23.7 Å². The molecule has 2 aromatic rings. The second kappa shape index (κ2) is 9.54. The molecule has 0 bridgehead atoms. The number of nitrogens with zero attached hydrogens (tertiary/aromatic N) is 5. The number of amides is 1. The first-order valence-corrected chi connectivity index (χ1v) is 10.8. The van der Waals surface area contributed by atoms with Crippen molar-refractivity contribution in [1.82, 2.24) is 24.9 Å². The minimum atomic E-state index is -2.61. The molecule has 0 aromatic carbocycles. The lowest BCUT2D eigenvalue weighted by Gasteiger charge is -2.27. The van der Waals surface area contributed by atoms with Crippen molar-refractivity contribution in [3.8, 4) is 17.1 Å². The van der Waals surface area contributed by atoms with Gasteiger partial charge in [-0.1, -0.05) is 5.21 Å². The molecule has 0 aliphatic heterocycles. The van der Waals surface area contributed by atoms with Gasteiger partial charge in [-0.25, -0.2) is 9.48 Å². The average molecular weight is 447 g/mol. The van der Waals surface area contributed by atoms with Gasteiger partial charge >= 0.3 is 12.1 Å². The lowest BCUT2D eigenvalue weighted by molar-refractivity contribution is -0.143. The number of aliphatic carboxylic acids is 1. The van der Waals surface area contributed by atoms with Crippen LogP contribution in [0.5, 0.6) is 5.75 Å². The van der Waals surface area contributed by atoms with Gasteiger partial charge in [0.25, 0.3) is 0 Å². The highest BCUT2D eigenvalue weighted by molar-refractivity contribution is 5.70. The fourth-order valence-corrected chi connectivity index (χ4v) is 3.89. The van der Waals surface area contributed by atoms with E-state index >= 15 is 0 Å². The van der Waals surface area contributed by atoms with Crippen molar-refractivity contribution in [2.24, 2.45) is 18.8 Å². The molecule has 0 radical (unpaired) electrons. The van der Waals surface area contributed by atoms with Gasteiger partial charge in [0.2, 0.25) is 0 Å². The predicted octanol–water partition coefficient (Wildman–Crippen LogP) is 2.88. The van der Waals surface area contributed by atoms with Crippen LogP contribution in [0.1, 0.15) is 48.3 Å². The molecule has 2 atom stereocenters. The van der Waals surface area contributed by atoms with Gasteiger partial charge in [-0.2, -0.15) is 0 Å². The number of carbonyl (C=O) groups excluding carboxylic acids is 1. The van der Waals surface area contributed by atoms with Gasteiger partial charge in [-0.3, -0.25) is 9.78 Å². The highest BCUT2D eigenvalue weighted by Gasteiger charge is 2.28. The summed E-state index contributed by atoms with van der Waals surface area (Å²) in [5.74, 6) is -0.255. The maximum Gasteiger partial charge on any atom is 0.409 e. The van der Waals surface area contributed by atoms with E-state index in [9.17, 15) is 14.7 Å². The van der Waals surface area contributed by atoms with Gasteiger partial charge in [0.05, 0.1) is 23.9 Å². The number of carboxylic acids is 1. The Morgan fingerprint density at radius 2 is 2.16 bits per heavy atom. The maximum absolute atomic E-state index is 12.4. The summed E-state index contributed by atoms with van der Waals surface area (Å²) in [7, 11) is 1.64. The van der Waals surface area contributed by atoms with Crippen LogP contribution in [0.4, 0.5) is 4.79 Å². The second-order valence-electron chi connectivity index (χ2n) is 8.50. The van der Waals surface area contributed by atoms with Gasteiger partial charge in [-0.15, -0.1) is 5.10 Å². The van der Waals surface area contributed by atoms with Gasteiger partial charge in [0.15, 0.2) is 0 Å². The molecular weight excluding hydrogens is 414 g/mol. The van der Waals surface area contributed by atoms with Crippen LogP contribution >= 0.6 is 0 Å². The largest absolute Gasteiger partial charge is 0.489 e. The normalized spacial score (nSPS) is 22.3. The Morgan fingerprint density at radius 3 is 2.84 bits per heavy atom. The molecule has 2 heterocycles. The zero-order valence-corrected chi connectivity index (χ0v) is 17.9. The molecular formula is C22H29N5O5. The van der Waals surface area contributed by atoms with Gasteiger partial charge < -0.3 is 19.5 Å². The second-order valence-corrected chi connectivity index (χ2v) is 8.50. The monoisotopic (exact) mass is 446 g/mol. The molecule has 2 fully saturated rings. The van der Waals surface area contributed by atoms with E-state index in [1.54, 1.807) is 19.2 Å². The summed E-state index contributed by atoms with van der Waals surface area (Å²) in [4.78, 5) is 29.5. The lowest BCUT2D eigenvalue weighted by Crippen LogP contribution is -2.29. The molecule has 1 N–H and O–H groups in total. The van der Waals surface area contributed by atoms with Crippen molar-refractivity contribution >= 4 is 12.1 Å². The Bertz CT molecular complexity index is 1050. The molecule has 2 aromatic heterocycles. The zero-order valence-electron chi connectivity index (χ0n) is 20.9. The number of hydrogen-bond donors (Lipinski definition) is 1. The van der Waals surface area contributed by atoms with Crippen molar-refractivity contribution < 1.29 is 28.3 Å². The number of pyridine rings is 1. The van der Waals surface area contributed by atoms with E-state index < -0.39 is 25.0 Å². The molecule has 1 amide bonds. The number of aryl methyl sites for hydroxylation is 1. The Kier molecular flexibility index (Phi) is 5.49. The first kappa shape index (κ1) is 18.4. The SMILES string of the molecule is [2H]C([2H])([2H])n1nnc(-c2ccc(O[C@H]3CCC[C@H](C(=O)O)C3)cn2)c1COC(=O)N(C)CC1CC1. The van der Waals surface area contributed by atoms with E-state index in [0.29, 0.717) is 36.7 Å². The third-order valence-electron chi connectivity index (χ3n) is 5.89. The van der Waals surface area contributed by atoms with Crippen molar-refractivity contribution in [3.05, 3.63) is 24.0 Å². The summed E-state index contributed by atoms with van der Waals surface area (Å²) in [5.41, 5.74) is 0.641. The standard InChI is InChI=1S/C22H29N5O5/c1-26(12-14-6-7-14)22(30)31-13-19-20(24-25-27(19)2)18-9-8-17(11-23-18)32-16-5-3-4-15(10-16)21(28)29/h8-9,11,14-16H,3-7,10,12-13H2,1-2H3,(H,28,29)/t15-,16-/m0/s1/i2D3. The topological polar surface area (TPSA) is 120 Å². The van der Waals surface area contributed by atoms with Crippen molar-refractivity contribution in [2.75, 3.05) is 13.6 Å². The fraction of sp³-hybridized carbons (Fsp3) is 0.591. The Hall–Kier alpha value is -3.17. The first-order chi connectivity index (χ1) is 16.6. The third kappa shape index (κ3) is 5.35. The number of ether oxygens (including phenoxy) is 2. The summed E-state index contributed by atoms with van der Waals surface area (Å²) in [6, 6.07) is 3.28. The number of rotatable bonds is 8. The summed E-state index contributed by atoms with van der Waals surface area (Å²) in [5, 5.41) is 17.0. The fourth-order valence-electron chi connectivity index (χ4n) is 3.89. The summed E-state index contributed by atoms with van der Waals surface area (Å²) in [6.07, 6.45) is 5.53. The van der Waals surface area contributed by atoms with Gasteiger partial charge in [-0.05, 0) is 56.6 Å². The third-order valence-corrected chi connectivity index (χ3v) is 5.89. The molecule has 10 nitrogen and oxygen atoms in total. The maximum atomic E-state index is 12.4. The van der Waals surface area contributed by atoms with Crippen LogP contribution in [0, 0.1) is 11.8 Å². The molecule has 32 heavy (non-hydrogen) atoms. The van der Waals surface area contributed by atoms with Crippen LogP contribution in [0.25, 0.3) is 11.4 Å². The molecule has 0 saturated heterocycles. The van der Waals surface area contributed by atoms with E-state index in [1.807, 2.05) is 0 Å². The van der Waals surface area contributed by atoms with Crippen molar-refractivity contribution in [1.29, 1.82) is 0 Å². The van der Waals surface area contributed by atoms with Crippen molar-refractivity contribution in [3.63, 3.8) is 0 Å². The minimum Gasteiger partial charge on any atom is -0.489 e. The highest BCUT2D eigenvalue weighted by atomic mass is 16.6. The molecule has 10 heteroatoms. The van der Waals surface area contributed by atoms with Crippen LogP contribution in [0.2, 0.25) is 0 Å². The van der Waals surface area contributed by atoms with E-state index in [-0.39, 0.29) is 24.1 Å². The Labute approximate surface area is 190 Å². The summed E-state index contributed by atoms with van der Waals surface area (Å²) < 4.78 is 35.3. The van der Waals surface area contributed by atoms with Crippen LogP contribution in [-0.2, 0) is 23.1 Å². The number of carbonyl (C=O) groups is 2. The smallest absolute Gasteiger partial charge is 0.409 e. The molecule has 2 aliphatic rings. The molecule has 2 aliphatic carbocycles. The molecule has 172 valence electrons. The van der Waals surface area contributed by atoms with Crippen LogP contribution in [0.3, 0.4) is 0 Å².